The average molecular weight is 458 g/mol. The lowest BCUT2D eigenvalue weighted by Crippen LogP contribution is -2.20. The number of benzene rings is 3. The van der Waals surface area contributed by atoms with Crippen LogP contribution in [0.4, 0.5) is 13.2 Å². The highest BCUT2D eigenvalue weighted by atomic mass is 19.4. The lowest BCUT2D eigenvalue weighted by atomic mass is 9.87. The van der Waals surface area contributed by atoms with E-state index in [2.05, 4.69) is 20.8 Å². The van der Waals surface area contributed by atoms with Crippen LogP contribution in [-0.4, -0.2) is 13.1 Å². The van der Waals surface area contributed by atoms with Gasteiger partial charge in [-0.2, -0.15) is 13.2 Å². The highest BCUT2D eigenvalue weighted by molar-refractivity contribution is 5.77. The van der Waals surface area contributed by atoms with Crippen LogP contribution in [0.3, 0.4) is 0 Å². The number of ether oxygens (including phenoxy) is 3. The summed E-state index contributed by atoms with van der Waals surface area (Å²) in [5.41, 5.74) is 0.822. The van der Waals surface area contributed by atoms with Crippen molar-refractivity contribution in [2.24, 2.45) is 0 Å². The van der Waals surface area contributed by atoms with Crippen molar-refractivity contribution < 1.29 is 32.2 Å². The fourth-order valence-electron chi connectivity index (χ4n) is 3.11. The SMILES string of the molecule is COC(=O)C(Oc1ccc(C(C)(C)C)cc1)c1ccc(Oc2cccc(C(F)(F)F)c2)cc1. The van der Waals surface area contributed by atoms with Gasteiger partial charge in [0.2, 0.25) is 6.10 Å². The maximum absolute atomic E-state index is 12.9. The molecule has 0 bridgehead atoms. The van der Waals surface area contributed by atoms with Crippen molar-refractivity contribution in [3.05, 3.63) is 89.5 Å². The molecule has 0 spiro atoms. The van der Waals surface area contributed by atoms with E-state index in [-0.39, 0.29) is 11.2 Å². The van der Waals surface area contributed by atoms with E-state index in [0.29, 0.717) is 17.1 Å². The molecule has 0 aliphatic carbocycles. The largest absolute Gasteiger partial charge is 0.474 e. The summed E-state index contributed by atoms with van der Waals surface area (Å²) >= 11 is 0. The predicted molar refractivity (Wildman–Crippen MR) is 118 cm³/mol. The van der Waals surface area contributed by atoms with Gasteiger partial charge in [-0.1, -0.05) is 51.1 Å². The Morgan fingerprint density at radius 2 is 1.39 bits per heavy atom. The van der Waals surface area contributed by atoms with Crippen LogP contribution in [-0.2, 0) is 21.1 Å². The Morgan fingerprint density at radius 1 is 0.788 bits per heavy atom. The zero-order valence-electron chi connectivity index (χ0n) is 18.8. The van der Waals surface area contributed by atoms with Gasteiger partial charge in [0.1, 0.15) is 17.2 Å². The van der Waals surface area contributed by atoms with Gasteiger partial charge in [-0.3, -0.25) is 0 Å². The number of hydrogen-bond acceptors (Lipinski definition) is 4. The van der Waals surface area contributed by atoms with Crippen LogP contribution in [0.15, 0.2) is 72.8 Å². The maximum atomic E-state index is 12.9. The highest BCUT2D eigenvalue weighted by Gasteiger charge is 2.30. The minimum absolute atomic E-state index is 0.0181. The van der Waals surface area contributed by atoms with Crippen molar-refractivity contribution in [1.82, 2.24) is 0 Å². The molecular formula is C26H25F3O4. The van der Waals surface area contributed by atoms with Gasteiger partial charge in [-0.05, 0) is 53.4 Å². The molecule has 33 heavy (non-hydrogen) atoms. The summed E-state index contributed by atoms with van der Waals surface area (Å²) in [7, 11) is 1.27. The molecule has 0 amide bonds. The van der Waals surface area contributed by atoms with E-state index >= 15 is 0 Å². The van der Waals surface area contributed by atoms with E-state index in [9.17, 15) is 18.0 Å². The number of esters is 1. The molecule has 0 saturated heterocycles. The molecule has 0 saturated carbocycles. The Labute approximate surface area is 190 Å². The van der Waals surface area contributed by atoms with E-state index in [1.54, 1.807) is 36.4 Å². The molecule has 3 aromatic rings. The summed E-state index contributed by atoms with van der Waals surface area (Å²) in [4.78, 5) is 12.4. The van der Waals surface area contributed by atoms with Crippen LogP contribution in [0.1, 0.15) is 43.6 Å². The summed E-state index contributed by atoms with van der Waals surface area (Å²) in [6, 6.07) is 18.4. The molecule has 1 atom stereocenters. The Bertz CT molecular complexity index is 1080. The molecule has 0 fully saturated rings. The molecule has 0 heterocycles. The second-order valence-corrected chi connectivity index (χ2v) is 8.49. The van der Waals surface area contributed by atoms with Gasteiger partial charge in [0.05, 0.1) is 12.7 Å². The van der Waals surface area contributed by atoms with Gasteiger partial charge >= 0.3 is 12.1 Å². The summed E-state index contributed by atoms with van der Waals surface area (Å²) in [6.45, 7) is 6.30. The van der Waals surface area contributed by atoms with E-state index in [4.69, 9.17) is 14.2 Å². The van der Waals surface area contributed by atoms with Crippen LogP contribution < -0.4 is 9.47 Å². The summed E-state index contributed by atoms with van der Waals surface area (Å²) < 4.78 is 55.0. The van der Waals surface area contributed by atoms with Crippen molar-refractivity contribution in [2.75, 3.05) is 7.11 Å². The van der Waals surface area contributed by atoms with Crippen molar-refractivity contribution in [3.63, 3.8) is 0 Å². The monoisotopic (exact) mass is 458 g/mol. The number of methoxy groups -OCH3 is 1. The predicted octanol–water partition coefficient (Wildman–Crippen LogP) is 7.09. The standard InChI is InChI=1S/C26H25F3O4/c1-25(2,3)18-10-14-21(15-11-18)33-23(24(30)31-4)17-8-12-20(13-9-17)32-22-7-5-6-19(16-22)26(27,28)29/h5-16,23H,1-4H3. The normalized spacial score (nSPS) is 12.7. The van der Waals surface area contributed by atoms with E-state index < -0.39 is 23.8 Å². The number of carbonyl (C=O) groups excluding carboxylic acids is 1. The van der Waals surface area contributed by atoms with E-state index in [1.165, 1.54) is 19.2 Å². The number of alkyl halides is 3. The summed E-state index contributed by atoms with van der Waals surface area (Å²) in [6.07, 6.45) is -5.47. The molecule has 0 aromatic heterocycles. The van der Waals surface area contributed by atoms with Gasteiger partial charge in [0, 0.05) is 5.56 Å². The third-order valence-electron chi connectivity index (χ3n) is 4.97. The topological polar surface area (TPSA) is 44.8 Å². The van der Waals surface area contributed by atoms with Crippen LogP contribution in [0, 0.1) is 0 Å². The molecule has 0 aliphatic heterocycles. The van der Waals surface area contributed by atoms with Gasteiger partial charge in [-0.15, -0.1) is 0 Å². The van der Waals surface area contributed by atoms with Crippen molar-refractivity contribution in [1.29, 1.82) is 0 Å². The highest BCUT2D eigenvalue weighted by Crippen LogP contribution is 2.33. The first-order chi connectivity index (χ1) is 15.5. The number of halogens is 3. The molecule has 0 aliphatic rings. The van der Waals surface area contributed by atoms with Gasteiger partial charge < -0.3 is 14.2 Å². The molecule has 1 unspecified atom stereocenters. The molecule has 0 radical (unpaired) electrons. The molecule has 4 nitrogen and oxygen atoms in total. The first kappa shape index (κ1) is 24.2. The third-order valence-corrected chi connectivity index (χ3v) is 4.97. The van der Waals surface area contributed by atoms with Crippen LogP contribution in [0.2, 0.25) is 0 Å². The van der Waals surface area contributed by atoms with Crippen molar-refractivity contribution in [2.45, 2.75) is 38.5 Å². The lowest BCUT2D eigenvalue weighted by molar-refractivity contribution is -0.149. The maximum Gasteiger partial charge on any atom is 0.416 e. The zero-order valence-corrected chi connectivity index (χ0v) is 18.8. The fraction of sp³-hybridized carbons (Fsp3) is 0.269. The molecule has 3 aromatic carbocycles. The van der Waals surface area contributed by atoms with Crippen LogP contribution >= 0.6 is 0 Å². The lowest BCUT2D eigenvalue weighted by Gasteiger charge is -2.21. The number of rotatable bonds is 6. The Kier molecular flexibility index (Phi) is 7.01. The minimum Gasteiger partial charge on any atom is -0.474 e. The molecule has 7 heteroatoms. The Balaban J connectivity index is 1.77. The second-order valence-electron chi connectivity index (χ2n) is 8.49. The third kappa shape index (κ3) is 6.28. The van der Waals surface area contributed by atoms with E-state index in [0.717, 1.165) is 17.7 Å². The van der Waals surface area contributed by atoms with Gasteiger partial charge in [0.15, 0.2) is 0 Å². The van der Waals surface area contributed by atoms with Crippen LogP contribution in [0.25, 0.3) is 0 Å². The summed E-state index contributed by atoms with van der Waals surface area (Å²) in [5.74, 6) is 0.289. The van der Waals surface area contributed by atoms with E-state index in [1.807, 2.05) is 12.1 Å². The Morgan fingerprint density at radius 3 is 1.94 bits per heavy atom. The smallest absolute Gasteiger partial charge is 0.416 e. The second kappa shape index (κ2) is 9.57. The number of carbonyl (C=O) groups is 1. The van der Waals surface area contributed by atoms with Crippen LogP contribution in [0.5, 0.6) is 17.2 Å². The first-order valence-electron chi connectivity index (χ1n) is 10.3. The quantitative estimate of drug-likeness (QED) is 0.370. The fourth-order valence-corrected chi connectivity index (χ4v) is 3.11. The minimum atomic E-state index is -4.46. The molecular weight excluding hydrogens is 433 g/mol. The summed E-state index contributed by atoms with van der Waals surface area (Å²) in [5, 5.41) is 0. The zero-order chi connectivity index (χ0) is 24.2. The van der Waals surface area contributed by atoms with Gasteiger partial charge in [-0.25, -0.2) is 4.79 Å². The molecule has 0 N–H and O–H groups in total. The first-order valence-corrected chi connectivity index (χ1v) is 10.3. The Hall–Kier alpha value is -3.48. The van der Waals surface area contributed by atoms with Gasteiger partial charge in [0.25, 0.3) is 0 Å². The number of hydrogen-bond donors (Lipinski definition) is 0. The molecule has 3 rings (SSSR count). The van der Waals surface area contributed by atoms with Crippen molar-refractivity contribution >= 4 is 5.97 Å². The molecule has 174 valence electrons. The van der Waals surface area contributed by atoms with Crippen molar-refractivity contribution in [3.8, 4) is 17.2 Å². The average Bonchev–Trinajstić information content (AvgIpc) is 2.77.